The van der Waals surface area contributed by atoms with Gasteiger partial charge in [0.2, 0.25) is 0 Å². The molecule has 0 radical (unpaired) electrons. The summed E-state index contributed by atoms with van der Waals surface area (Å²) in [5.74, 6) is -0.207. The quantitative estimate of drug-likeness (QED) is 0.806. The molecule has 1 aliphatic rings. The molecule has 0 aromatic heterocycles. The lowest BCUT2D eigenvalue weighted by molar-refractivity contribution is -0.143. The summed E-state index contributed by atoms with van der Waals surface area (Å²) in [5.41, 5.74) is 2.26. The van der Waals surface area contributed by atoms with Gasteiger partial charge in [0.15, 0.2) is 0 Å². The Morgan fingerprint density at radius 2 is 1.96 bits per heavy atom. The van der Waals surface area contributed by atoms with Crippen LogP contribution in [0.2, 0.25) is 0 Å². The fraction of sp³-hybridized carbons (Fsp3) is 0.350. The van der Waals surface area contributed by atoms with Crippen LogP contribution >= 0.6 is 15.9 Å². The summed E-state index contributed by atoms with van der Waals surface area (Å²) in [6.07, 6.45) is 1.64. The third-order valence-corrected chi connectivity index (χ3v) is 5.23. The van der Waals surface area contributed by atoms with Crippen LogP contribution in [0, 0.1) is 5.92 Å². The number of carboxylic acid groups (broad SMARTS) is 1. The second-order valence-corrected chi connectivity index (χ2v) is 7.32. The molecular weight excluding hydrogens is 382 g/mol. The van der Waals surface area contributed by atoms with Crippen LogP contribution in [-0.2, 0) is 4.79 Å². The van der Waals surface area contributed by atoms with Gasteiger partial charge in [-0.15, -0.1) is 0 Å². The lowest BCUT2D eigenvalue weighted by Gasteiger charge is -2.37. The van der Waals surface area contributed by atoms with Gasteiger partial charge < -0.3 is 9.84 Å². The fourth-order valence-electron chi connectivity index (χ4n) is 3.54. The Bertz CT molecular complexity index is 749. The number of carbonyl (C=O) groups is 1. The van der Waals surface area contributed by atoms with Gasteiger partial charge in [0.05, 0.1) is 19.1 Å². The Kier molecular flexibility index (Phi) is 5.76. The molecule has 132 valence electrons. The van der Waals surface area contributed by atoms with E-state index in [0.29, 0.717) is 6.54 Å². The van der Waals surface area contributed by atoms with Gasteiger partial charge in [-0.25, -0.2) is 0 Å². The molecular formula is C20H22BrNO3. The standard InChI is InChI=1S/C20H22BrNO3/c1-25-18-9-3-6-15(12-18)19(14-5-2-8-17(21)11-14)22-10-4-7-16(13-22)20(23)24/h2-3,5-6,8-9,11-12,16,19H,4,7,10,13H2,1H3,(H,23,24). The number of benzene rings is 2. The van der Waals surface area contributed by atoms with Crippen molar-refractivity contribution < 1.29 is 14.6 Å². The normalized spacial score (nSPS) is 19.4. The number of hydrogen-bond donors (Lipinski definition) is 1. The van der Waals surface area contributed by atoms with E-state index in [1.807, 2.05) is 30.3 Å². The van der Waals surface area contributed by atoms with Gasteiger partial charge in [-0.2, -0.15) is 0 Å². The molecule has 0 amide bonds. The maximum Gasteiger partial charge on any atom is 0.307 e. The molecule has 1 aliphatic heterocycles. The minimum absolute atomic E-state index is 0.00903. The first-order valence-corrected chi connectivity index (χ1v) is 9.24. The number of methoxy groups -OCH3 is 1. The molecule has 0 spiro atoms. The number of halogens is 1. The van der Waals surface area contributed by atoms with Crippen LogP contribution in [0.4, 0.5) is 0 Å². The van der Waals surface area contributed by atoms with E-state index in [2.05, 4.69) is 39.0 Å². The van der Waals surface area contributed by atoms with Gasteiger partial charge in [-0.1, -0.05) is 40.2 Å². The first kappa shape index (κ1) is 18.0. The van der Waals surface area contributed by atoms with Crippen LogP contribution in [0.3, 0.4) is 0 Å². The number of aliphatic carboxylic acids is 1. The van der Waals surface area contributed by atoms with Crippen LogP contribution in [0.1, 0.15) is 30.0 Å². The van der Waals surface area contributed by atoms with Gasteiger partial charge in [-0.05, 0) is 54.8 Å². The van der Waals surface area contributed by atoms with E-state index in [-0.39, 0.29) is 12.0 Å². The number of ether oxygens (including phenoxy) is 1. The minimum atomic E-state index is -0.705. The van der Waals surface area contributed by atoms with Crippen molar-refractivity contribution in [2.24, 2.45) is 5.92 Å². The van der Waals surface area contributed by atoms with Crippen molar-refractivity contribution >= 4 is 21.9 Å². The summed E-state index contributed by atoms with van der Waals surface area (Å²) >= 11 is 3.55. The highest BCUT2D eigenvalue weighted by Gasteiger charge is 2.31. The number of nitrogens with zero attached hydrogens (tertiary/aromatic N) is 1. The zero-order valence-corrected chi connectivity index (χ0v) is 15.8. The summed E-state index contributed by atoms with van der Waals surface area (Å²) in [7, 11) is 1.66. The highest BCUT2D eigenvalue weighted by molar-refractivity contribution is 9.10. The second-order valence-electron chi connectivity index (χ2n) is 6.41. The third-order valence-electron chi connectivity index (χ3n) is 4.74. The zero-order chi connectivity index (χ0) is 17.8. The van der Waals surface area contributed by atoms with Gasteiger partial charge >= 0.3 is 5.97 Å². The molecule has 4 nitrogen and oxygen atoms in total. The van der Waals surface area contributed by atoms with Crippen LogP contribution in [0.5, 0.6) is 5.75 Å². The van der Waals surface area contributed by atoms with Crippen molar-refractivity contribution in [3.63, 3.8) is 0 Å². The number of likely N-dealkylation sites (tertiary alicyclic amines) is 1. The van der Waals surface area contributed by atoms with Crippen LogP contribution in [0.25, 0.3) is 0 Å². The van der Waals surface area contributed by atoms with Gasteiger partial charge in [0, 0.05) is 11.0 Å². The van der Waals surface area contributed by atoms with E-state index >= 15 is 0 Å². The van der Waals surface area contributed by atoms with Crippen molar-refractivity contribution in [1.82, 2.24) is 4.90 Å². The molecule has 1 heterocycles. The first-order valence-electron chi connectivity index (χ1n) is 8.44. The summed E-state index contributed by atoms with van der Waals surface area (Å²) in [6.45, 7) is 1.45. The van der Waals surface area contributed by atoms with Crippen molar-refractivity contribution in [3.05, 3.63) is 64.1 Å². The summed E-state index contributed by atoms with van der Waals surface area (Å²) < 4.78 is 6.41. The highest BCUT2D eigenvalue weighted by Crippen LogP contribution is 2.35. The predicted molar refractivity (Wildman–Crippen MR) is 101 cm³/mol. The van der Waals surface area contributed by atoms with Crippen molar-refractivity contribution in [2.75, 3.05) is 20.2 Å². The lowest BCUT2D eigenvalue weighted by atomic mass is 9.91. The topological polar surface area (TPSA) is 49.8 Å². The van der Waals surface area contributed by atoms with E-state index in [1.54, 1.807) is 7.11 Å². The second kappa shape index (κ2) is 8.02. The molecule has 2 aromatic carbocycles. The maximum atomic E-state index is 11.5. The van der Waals surface area contributed by atoms with Crippen LogP contribution < -0.4 is 4.74 Å². The fourth-order valence-corrected chi connectivity index (χ4v) is 3.96. The van der Waals surface area contributed by atoms with Crippen LogP contribution in [0.15, 0.2) is 53.0 Å². The number of piperidine rings is 1. The SMILES string of the molecule is COc1cccc(C(c2cccc(Br)c2)N2CCCC(C(=O)O)C2)c1. The number of rotatable bonds is 5. The summed E-state index contributed by atoms with van der Waals surface area (Å²) in [4.78, 5) is 13.8. The van der Waals surface area contributed by atoms with E-state index in [4.69, 9.17) is 4.74 Å². The molecule has 1 fully saturated rings. The maximum absolute atomic E-state index is 11.5. The number of hydrogen-bond acceptors (Lipinski definition) is 3. The minimum Gasteiger partial charge on any atom is -0.497 e. The van der Waals surface area contributed by atoms with E-state index in [9.17, 15) is 9.90 Å². The summed E-state index contributed by atoms with van der Waals surface area (Å²) in [5, 5.41) is 9.45. The molecule has 2 unspecified atom stereocenters. The average molecular weight is 404 g/mol. The zero-order valence-electron chi connectivity index (χ0n) is 14.2. The molecule has 0 aliphatic carbocycles. The Hall–Kier alpha value is -1.85. The van der Waals surface area contributed by atoms with Crippen molar-refractivity contribution in [3.8, 4) is 5.75 Å². The van der Waals surface area contributed by atoms with Gasteiger partial charge in [-0.3, -0.25) is 9.69 Å². The Morgan fingerprint density at radius 1 is 1.24 bits per heavy atom. The highest BCUT2D eigenvalue weighted by atomic mass is 79.9. The Labute approximate surface area is 156 Å². The molecule has 2 atom stereocenters. The molecule has 1 N–H and O–H groups in total. The van der Waals surface area contributed by atoms with E-state index in [1.165, 1.54) is 0 Å². The average Bonchev–Trinajstić information content (AvgIpc) is 2.62. The van der Waals surface area contributed by atoms with E-state index < -0.39 is 5.97 Å². The van der Waals surface area contributed by atoms with Crippen molar-refractivity contribution in [2.45, 2.75) is 18.9 Å². The molecule has 0 bridgehead atoms. The van der Waals surface area contributed by atoms with Gasteiger partial charge in [0.25, 0.3) is 0 Å². The molecule has 0 saturated carbocycles. The van der Waals surface area contributed by atoms with E-state index in [0.717, 1.165) is 40.7 Å². The molecule has 3 rings (SSSR count). The molecule has 2 aromatic rings. The molecule has 1 saturated heterocycles. The largest absolute Gasteiger partial charge is 0.497 e. The lowest BCUT2D eigenvalue weighted by Crippen LogP contribution is -2.41. The van der Waals surface area contributed by atoms with Gasteiger partial charge in [0.1, 0.15) is 5.75 Å². The smallest absolute Gasteiger partial charge is 0.307 e. The van der Waals surface area contributed by atoms with Crippen LogP contribution in [-0.4, -0.2) is 36.2 Å². The Balaban J connectivity index is 2.01. The first-order chi connectivity index (χ1) is 12.1. The number of carboxylic acids is 1. The Morgan fingerprint density at radius 3 is 2.64 bits per heavy atom. The van der Waals surface area contributed by atoms with Crippen molar-refractivity contribution in [1.29, 1.82) is 0 Å². The third kappa shape index (κ3) is 4.22. The summed E-state index contributed by atoms with van der Waals surface area (Å²) in [6, 6.07) is 16.3. The monoisotopic (exact) mass is 403 g/mol. The molecule has 25 heavy (non-hydrogen) atoms. The predicted octanol–water partition coefficient (Wildman–Crippen LogP) is 4.34. The molecule has 5 heteroatoms.